The van der Waals surface area contributed by atoms with Crippen LogP contribution < -0.4 is 10.6 Å². The summed E-state index contributed by atoms with van der Waals surface area (Å²) in [5.74, 6) is 0.381. The second-order valence-corrected chi connectivity index (χ2v) is 5.75. The highest BCUT2D eigenvalue weighted by molar-refractivity contribution is 5.95. The first-order chi connectivity index (χ1) is 11.5. The van der Waals surface area contributed by atoms with E-state index in [1.54, 1.807) is 37.3 Å². The fourth-order valence-electron chi connectivity index (χ4n) is 2.17. The highest BCUT2D eigenvalue weighted by Gasteiger charge is 2.20. The number of amides is 2. The van der Waals surface area contributed by atoms with Crippen molar-refractivity contribution < 1.29 is 14.0 Å². The number of hydrogen-bond acceptors (Lipinski definition) is 4. The minimum absolute atomic E-state index is 0.128. The molecule has 0 fully saturated rings. The fourth-order valence-corrected chi connectivity index (χ4v) is 2.17. The van der Waals surface area contributed by atoms with Crippen molar-refractivity contribution in [2.75, 3.05) is 18.9 Å². The van der Waals surface area contributed by atoms with Gasteiger partial charge >= 0.3 is 0 Å². The molecule has 1 aromatic heterocycles. The quantitative estimate of drug-likeness (QED) is 0.816. The summed E-state index contributed by atoms with van der Waals surface area (Å²) in [6.45, 7) is 4.17. The maximum atomic E-state index is 12.3. The first kappa shape index (κ1) is 17.7. The van der Waals surface area contributed by atoms with E-state index >= 15 is 0 Å². The van der Waals surface area contributed by atoms with Crippen molar-refractivity contribution >= 4 is 17.5 Å². The summed E-state index contributed by atoms with van der Waals surface area (Å²) < 4.78 is 5.16. The highest BCUT2D eigenvalue weighted by Crippen LogP contribution is 2.14. The van der Waals surface area contributed by atoms with Crippen molar-refractivity contribution in [3.05, 3.63) is 54.0 Å². The van der Waals surface area contributed by atoms with Crippen molar-refractivity contribution in [3.63, 3.8) is 0 Å². The molecule has 0 radical (unpaired) electrons. The van der Waals surface area contributed by atoms with Gasteiger partial charge in [0.05, 0.1) is 25.4 Å². The Morgan fingerprint density at radius 2 is 1.96 bits per heavy atom. The lowest BCUT2D eigenvalue weighted by Crippen LogP contribution is -2.44. The molecule has 1 atom stereocenters. The number of carbonyl (C=O) groups excluding carboxylic acids is 2. The van der Waals surface area contributed by atoms with Crippen LogP contribution in [-0.2, 0) is 16.1 Å². The lowest BCUT2D eigenvalue weighted by atomic mass is 10.2. The molecule has 1 aromatic carbocycles. The van der Waals surface area contributed by atoms with Gasteiger partial charge in [-0.2, -0.15) is 0 Å². The molecule has 0 aliphatic heterocycles. The summed E-state index contributed by atoms with van der Waals surface area (Å²) in [6, 6.07) is 10.7. The average Bonchev–Trinajstić information content (AvgIpc) is 3.07. The van der Waals surface area contributed by atoms with Gasteiger partial charge in [-0.15, -0.1) is 0 Å². The van der Waals surface area contributed by atoms with E-state index in [1.165, 1.54) is 0 Å². The molecule has 2 amide bonds. The van der Waals surface area contributed by atoms with Gasteiger partial charge in [0, 0.05) is 5.69 Å². The summed E-state index contributed by atoms with van der Waals surface area (Å²) in [5, 5.41) is 5.65. The number of carbonyl (C=O) groups is 2. The summed E-state index contributed by atoms with van der Waals surface area (Å²) in [7, 11) is 1.74. The van der Waals surface area contributed by atoms with Crippen LogP contribution in [0.4, 0.5) is 5.69 Å². The minimum atomic E-state index is -0.432. The molecular formula is C18H23N3O3. The lowest BCUT2D eigenvalue weighted by molar-refractivity contribution is -0.125. The standard InChI is InChI=1S/C18H23N3O3/c1-13-7-4-5-9-16(13)20-18(23)14(2)21(3)12-17(22)19-11-15-8-6-10-24-15/h4-10,14H,11-12H2,1-3H3,(H,19,22)(H,20,23)/t14-/m1/s1. The fraction of sp³-hybridized carbons (Fsp3) is 0.333. The normalized spacial score (nSPS) is 12.0. The molecule has 0 unspecified atom stereocenters. The molecule has 0 aliphatic rings. The van der Waals surface area contributed by atoms with E-state index in [0.717, 1.165) is 11.3 Å². The van der Waals surface area contributed by atoms with Crippen molar-refractivity contribution in [3.8, 4) is 0 Å². The van der Waals surface area contributed by atoms with Gasteiger partial charge in [0.2, 0.25) is 11.8 Å². The smallest absolute Gasteiger partial charge is 0.241 e. The van der Waals surface area contributed by atoms with Crippen LogP contribution in [-0.4, -0.2) is 36.3 Å². The largest absolute Gasteiger partial charge is 0.467 e. The zero-order valence-corrected chi connectivity index (χ0v) is 14.2. The van der Waals surface area contributed by atoms with Crippen LogP contribution in [0.3, 0.4) is 0 Å². The van der Waals surface area contributed by atoms with Crippen molar-refractivity contribution in [1.82, 2.24) is 10.2 Å². The van der Waals surface area contributed by atoms with Crippen molar-refractivity contribution in [2.24, 2.45) is 0 Å². The van der Waals surface area contributed by atoms with Gasteiger partial charge in [-0.1, -0.05) is 18.2 Å². The van der Waals surface area contributed by atoms with E-state index in [-0.39, 0.29) is 18.4 Å². The van der Waals surface area contributed by atoms with E-state index in [2.05, 4.69) is 10.6 Å². The lowest BCUT2D eigenvalue weighted by Gasteiger charge is -2.23. The van der Waals surface area contributed by atoms with Crippen LogP contribution in [0.25, 0.3) is 0 Å². The number of furan rings is 1. The Morgan fingerprint density at radius 1 is 1.21 bits per heavy atom. The predicted molar refractivity (Wildman–Crippen MR) is 92.5 cm³/mol. The molecule has 0 aliphatic carbocycles. The number of benzene rings is 1. The van der Waals surface area contributed by atoms with Crippen molar-refractivity contribution in [1.29, 1.82) is 0 Å². The van der Waals surface area contributed by atoms with Crippen molar-refractivity contribution in [2.45, 2.75) is 26.4 Å². The Labute approximate surface area is 141 Å². The molecule has 2 aromatic rings. The molecule has 24 heavy (non-hydrogen) atoms. The van der Waals surface area contributed by atoms with E-state index in [0.29, 0.717) is 12.3 Å². The second kappa shape index (κ2) is 8.31. The first-order valence-electron chi connectivity index (χ1n) is 7.83. The third-order valence-electron chi connectivity index (χ3n) is 3.88. The monoisotopic (exact) mass is 329 g/mol. The molecule has 0 bridgehead atoms. The van der Waals surface area contributed by atoms with Gasteiger partial charge in [0.15, 0.2) is 0 Å². The van der Waals surface area contributed by atoms with E-state index in [4.69, 9.17) is 4.42 Å². The molecule has 6 nitrogen and oxygen atoms in total. The predicted octanol–water partition coefficient (Wildman–Crippen LogP) is 2.16. The SMILES string of the molecule is Cc1ccccc1NC(=O)[C@@H](C)N(C)CC(=O)NCc1ccco1. The number of rotatable bonds is 7. The van der Waals surface area contributed by atoms with Crippen LogP contribution in [0, 0.1) is 6.92 Å². The van der Waals surface area contributed by atoms with Crippen LogP contribution in [0.15, 0.2) is 47.1 Å². The van der Waals surface area contributed by atoms with Gasteiger partial charge in [-0.3, -0.25) is 14.5 Å². The Balaban J connectivity index is 1.82. The number of nitrogens with zero attached hydrogens (tertiary/aromatic N) is 1. The summed E-state index contributed by atoms with van der Waals surface area (Å²) in [5.41, 5.74) is 1.78. The molecule has 128 valence electrons. The van der Waals surface area contributed by atoms with E-state index in [9.17, 15) is 9.59 Å². The molecule has 1 heterocycles. The van der Waals surface area contributed by atoms with Crippen LogP contribution in [0.2, 0.25) is 0 Å². The highest BCUT2D eigenvalue weighted by atomic mass is 16.3. The number of hydrogen-bond donors (Lipinski definition) is 2. The number of para-hydroxylation sites is 1. The maximum absolute atomic E-state index is 12.3. The Hall–Kier alpha value is -2.60. The molecule has 0 saturated carbocycles. The zero-order valence-electron chi connectivity index (χ0n) is 14.2. The van der Waals surface area contributed by atoms with E-state index < -0.39 is 6.04 Å². The molecular weight excluding hydrogens is 306 g/mol. The van der Waals surface area contributed by atoms with Gasteiger partial charge < -0.3 is 15.1 Å². The first-order valence-corrected chi connectivity index (χ1v) is 7.83. The topological polar surface area (TPSA) is 74.6 Å². The Kier molecular flexibility index (Phi) is 6.14. The van der Waals surface area contributed by atoms with Crippen LogP contribution >= 0.6 is 0 Å². The average molecular weight is 329 g/mol. The number of aryl methyl sites for hydroxylation is 1. The third-order valence-corrected chi connectivity index (χ3v) is 3.88. The minimum Gasteiger partial charge on any atom is -0.467 e. The number of anilines is 1. The molecule has 0 spiro atoms. The van der Waals surface area contributed by atoms with Gasteiger partial charge in [0.25, 0.3) is 0 Å². The molecule has 6 heteroatoms. The third kappa shape index (κ3) is 4.96. The number of likely N-dealkylation sites (N-methyl/N-ethyl adjacent to an activating group) is 1. The van der Waals surface area contributed by atoms with Crippen LogP contribution in [0.5, 0.6) is 0 Å². The zero-order chi connectivity index (χ0) is 17.5. The summed E-state index contributed by atoms with van der Waals surface area (Å²) in [6.07, 6.45) is 1.56. The summed E-state index contributed by atoms with van der Waals surface area (Å²) in [4.78, 5) is 26.0. The Morgan fingerprint density at radius 3 is 2.62 bits per heavy atom. The Bertz CT molecular complexity index is 683. The second-order valence-electron chi connectivity index (χ2n) is 5.75. The number of nitrogens with one attached hydrogen (secondary N) is 2. The maximum Gasteiger partial charge on any atom is 0.241 e. The van der Waals surface area contributed by atoms with E-state index in [1.807, 2.05) is 31.2 Å². The molecule has 2 N–H and O–H groups in total. The molecule has 0 saturated heterocycles. The van der Waals surface area contributed by atoms with Gasteiger partial charge in [-0.25, -0.2) is 0 Å². The van der Waals surface area contributed by atoms with Crippen LogP contribution in [0.1, 0.15) is 18.2 Å². The van der Waals surface area contributed by atoms with Gasteiger partial charge in [0.1, 0.15) is 5.76 Å². The summed E-state index contributed by atoms with van der Waals surface area (Å²) >= 11 is 0. The molecule has 2 rings (SSSR count). The van der Waals surface area contributed by atoms with Gasteiger partial charge in [-0.05, 0) is 44.7 Å².